The summed E-state index contributed by atoms with van der Waals surface area (Å²) >= 11 is 6.17. The van der Waals surface area contributed by atoms with Crippen molar-refractivity contribution in [2.45, 2.75) is 26.8 Å². The Kier molecular flexibility index (Phi) is 3.88. The molecule has 0 radical (unpaired) electrons. The number of halogens is 1. The summed E-state index contributed by atoms with van der Waals surface area (Å²) in [6.07, 6.45) is 1.34. The number of nitrogens with zero attached hydrogens (tertiary/aromatic N) is 1. The highest BCUT2D eigenvalue weighted by molar-refractivity contribution is 6.31. The van der Waals surface area contributed by atoms with Gasteiger partial charge in [0, 0.05) is 18.1 Å². The SMILES string of the molecule is CC(C)[C@@H]1CCN(Cc2ccccc2Cl)C1. The van der Waals surface area contributed by atoms with E-state index in [-0.39, 0.29) is 0 Å². The predicted molar refractivity (Wildman–Crippen MR) is 69.7 cm³/mol. The summed E-state index contributed by atoms with van der Waals surface area (Å²) in [5.41, 5.74) is 1.26. The van der Waals surface area contributed by atoms with Crippen LogP contribution in [0.25, 0.3) is 0 Å². The molecule has 2 rings (SSSR count). The van der Waals surface area contributed by atoms with Gasteiger partial charge in [-0.25, -0.2) is 0 Å². The molecule has 0 aromatic heterocycles. The quantitative estimate of drug-likeness (QED) is 0.773. The number of rotatable bonds is 3. The fourth-order valence-corrected chi connectivity index (χ4v) is 2.61. The molecule has 1 nitrogen and oxygen atoms in total. The van der Waals surface area contributed by atoms with E-state index in [1.165, 1.54) is 25.1 Å². The van der Waals surface area contributed by atoms with Crippen molar-refractivity contribution < 1.29 is 0 Å². The van der Waals surface area contributed by atoms with Crippen LogP contribution >= 0.6 is 11.6 Å². The second kappa shape index (κ2) is 5.20. The van der Waals surface area contributed by atoms with Gasteiger partial charge < -0.3 is 0 Å². The van der Waals surface area contributed by atoms with Crippen molar-refractivity contribution in [2.75, 3.05) is 13.1 Å². The van der Waals surface area contributed by atoms with Crippen molar-refractivity contribution >= 4 is 11.6 Å². The minimum Gasteiger partial charge on any atom is -0.299 e. The molecular formula is C14H20ClN. The number of benzene rings is 1. The average molecular weight is 238 g/mol. The van der Waals surface area contributed by atoms with E-state index in [0.717, 1.165) is 23.4 Å². The summed E-state index contributed by atoms with van der Waals surface area (Å²) in [6, 6.07) is 8.17. The lowest BCUT2D eigenvalue weighted by molar-refractivity contribution is 0.297. The summed E-state index contributed by atoms with van der Waals surface area (Å²) in [5, 5.41) is 0.899. The maximum Gasteiger partial charge on any atom is 0.0451 e. The summed E-state index contributed by atoms with van der Waals surface area (Å²) in [6.45, 7) is 8.09. The van der Waals surface area contributed by atoms with E-state index in [9.17, 15) is 0 Å². The highest BCUT2D eigenvalue weighted by Gasteiger charge is 2.24. The van der Waals surface area contributed by atoms with Crippen LogP contribution in [0.15, 0.2) is 24.3 Å². The van der Waals surface area contributed by atoms with Crippen LogP contribution < -0.4 is 0 Å². The van der Waals surface area contributed by atoms with Crippen molar-refractivity contribution in [2.24, 2.45) is 11.8 Å². The summed E-state index contributed by atoms with van der Waals surface area (Å²) < 4.78 is 0. The van der Waals surface area contributed by atoms with Gasteiger partial charge >= 0.3 is 0 Å². The summed E-state index contributed by atoms with van der Waals surface area (Å²) in [7, 11) is 0. The van der Waals surface area contributed by atoms with Gasteiger partial charge in [-0.15, -0.1) is 0 Å². The van der Waals surface area contributed by atoms with E-state index >= 15 is 0 Å². The van der Waals surface area contributed by atoms with E-state index in [0.29, 0.717) is 0 Å². The Hall–Kier alpha value is -0.530. The zero-order valence-electron chi connectivity index (χ0n) is 10.1. The van der Waals surface area contributed by atoms with Crippen LogP contribution in [-0.4, -0.2) is 18.0 Å². The number of likely N-dealkylation sites (tertiary alicyclic amines) is 1. The van der Waals surface area contributed by atoms with Crippen molar-refractivity contribution in [1.29, 1.82) is 0 Å². The Labute approximate surface area is 103 Å². The summed E-state index contributed by atoms with van der Waals surface area (Å²) in [4.78, 5) is 2.52. The van der Waals surface area contributed by atoms with E-state index in [2.05, 4.69) is 30.9 Å². The van der Waals surface area contributed by atoms with Crippen molar-refractivity contribution in [3.8, 4) is 0 Å². The molecule has 0 amide bonds. The Morgan fingerprint density at radius 1 is 1.38 bits per heavy atom. The van der Waals surface area contributed by atoms with Gasteiger partial charge in [0.2, 0.25) is 0 Å². The molecule has 1 saturated heterocycles. The zero-order chi connectivity index (χ0) is 11.5. The molecule has 1 aliphatic heterocycles. The second-order valence-corrected chi connectivity index (χ2v) is 5.53. The molecule has 1 aromatic carbocycles. The molecule has 16 heavy (non-hydrogen) atoms. The molecule has 1 heterocycles. The van der Waals surface area contributed by atoms with Crippen LogP contribution in [0.5, 0.6) is 0 Å². The normalized spacial score (nSPS) is 21.9. The molecule has 0 unspecified atom stereocenters. The van der Waals surface area contributed by atoms with Gasteiger partial charge in [-0.2, -0.15) is 0 Å². The predicted octanol–water partition coefficient (Wildman–Crippen LogP) is 3.82. The first-order valence-corrected chi connectivity index (χ1v) is 6.50. The van der Waals surface area contributed by atoms with E-state index in [1.54, 1.807) is 0 Å². The molecule has 88 valence electrons. The maximum atomic E-state index is 6.17. The number of hydrogen-bond donors (Lipinski definition) is 0. The molecule has 2 heteroatoms. The van der Waals surface area contributed by atoms with E-state index in [1.807, 2.05) is 12.1 Å². The Balaban J connectivity index is 1.95. The van der Waals surface area contributed by atoms with Crippen LogP contribution in [-0.2, 0) is 6.54 Å². The third-order valence-corrected chi connectivity index (χ3v) is 3.97. The van der Waals surface area contributed by atoms with Gasteiger partial charge in [0.15, 0.2) is 0 Å². The summed E-state index contributed by atoms with van der Waals surface area (Å²) in [5.74, 6) is 1.67. The maximum absolute atomic E-state index is 6.17. The van der Waals surface area contributed by atoms with Crippen LogP contribution in [0.2, 0.25) is 5.02 Å². The highest BCUT2D eigenvalue weighted by Crippen LogP contribution is 2.26. The second-order valence-electron chi connectivity index (χ2n) is 5.12. The van der Waals surface area contributed by atoms with Gasteiger partial charge in [0.25, 0.3) is 0 Å². The van der Waals surface area contributed by atoms with Gasteiger partial charge in [-0.1, -0.05) is 43.6 Å². The van der Waals surface area contributed by atoms with Gasteiger partial charge in [0.1, 0.15) is 0 Å². The van der Waals surface area contributed by atoms with Crippen molar-refractivity contribution in [3.63, 3.8) is 0 Å². The third kappa shape index (κ3) is 2.78. The fraction of sp³-hybridized carbons (Fsp3) is 0.571. The molecule has 0 aliphatic carbocycles. The molecule has 0 spiro atoms. The highest BCUT2D eigenvalue weighted by atomic mass is 35.5. The monoisotopic (exact) mass is 237 g/mol. The Bertz CT molecular complexity index is 348. The van der Waals surface area contributed by atoms with E-state index in [4.69, 9.17) is 11.6 Å². The van der Waals surface area contributed by atoms with Crippen LogP contribution in [0.4, 0.5) is 0 Å². The third-order valence-electron chi connectivity index (χ3n) is 3.60. The lowest BCUT2D eigenvalue weighted by atomic mass is 9.95. The first kappa shape index (κ1) is 11.9. The first-order chi connectivity index (χ1) is 7.66. The first-order valence-electron chi connectivity index (χ1n) is 6.12. The molecule has 1 fully saturated rings. The van der Waals surface area contributed by atoms with Gasteiger partial charge in [-0.3, -0.25) is 4.90 Å². The smallest absolute Gasteiger partial charge is 0.0451 e. The van der Waals surface area contributed by atoms with Crippen molar-refractivity contribution in [1.82, 2.24) is 4.90 Å². The molecule has 1 aromatic rings. The zero-order valence-corrected chi connectivity index (χ0v) is 10.9. The minimum atomic E-state index is 0.802. The van der Waals surface area contributed by atoms with Gasteiger partial charge in [-0.05, 0) is 36.4 Å². The Morgan fingerprint density at radius 2 is 2.12 bits per heavy atom. The molecule has 1 aliphatic rings. The minimum absolute atomic E-state index is 0.802. The van der Waals surface area contributed by atoms with Gasteiger partial charge in [0.05, 0.1) is 0 Å². The lowest BCUT2D eigenvalue weighted by Crippen LogP contribution is -2.21. The molecule has 0 bridgehead atoms. The van der Waals surface area contributed by atoms with Crippen LogP contribution in [0.1, 0.15) is 25.8 Å². The Morgan fingerprint density at radius 3 is 2.75 bits per heavy atom. The fourth-order valence-electron chi connectivity index (χ4n) is 2.42. The largest absolute Gasteiger partial charge is 0.299 e. The van der Waals surface area contributed by atoms with Crippen LogP contribution in [0.3, 0.4) is 0 Å². The molecule has 0 saturated carbocycles. The number of hydrogen-bond acceptors (Lipinski definition) is 1. The molecule has 0 N–H and O–H groups in total. The lowest BCUT2D eigenvalue weighted by Gasteiger charge is -2.18. The molecule has 1 atom stereocenters. The van der Waals surface area contributed by atoms with E-state index < -0.39 is 0 Å². The van der Waals surface area contributed by atoms with Crippen molar-refractivity contribution in [3.05, 3.63) is 34.9 Å². The molecular weight excluding hydrogens is 218 g/mol. The van der Waals surface area contributed by atoms with Crippen LogP contribution in [0, 0.1) is 11.8 Å². The standard InChI is InChI=1S/C14H20ClN/c1-11(2)12-7-8-16(9-12)10-13-5-3-4-6-14(13)15/h3-6,11-12H,7-10H2,1-2H3/t12-/m1/s1. The average Bonchev–Trinajstić information content (AvgIpc) is 2.70. The topological polar surface area (TPSA) is 3.24 Å².